The number of aryl methyl sites for hydroxylation is 1. The van der Waals surface area contributed by atoms with Crippen molar-refractivity contribution in [1.29, 1.82) is 0 Å². The van der Waals surface area contributed by atoms with Crippen LogP contribution in [-0.4, -0.2) is 61.0 Å². The average Bonchev–Trinajstić information content (AvgIpc) is 3.51. The van der Waals surface area contributed by atoms with Gasteiger partial charge in [0, 0.05) is 56.2 Å². The van der Waals surface area contributed by atoms with Gasteiger partial charge in [0.15, 0.2) is 0 Å². The van der Waals surface area contributed by atoms with Gasteiger partial charge in [0.25, 0.3) is 0 Å². The van der Waals surface area contributed by atoms with Gasteiger partial charge in [-0.1, -0.05) is 19.2 Å². The molecule has 1 aliphatic heterocycles. The van der Waals surface area contributed by atoms with Gasteiger partial charge in [-0.25, -0.2) is 4.99 Å². The summed E-state index contributed by atoms with van der Waals surface area (Å²) in [5.41, 5.74) is 3.22. The van der Waals surface area contributed by atoms with E-state index in [0.717, 1.165) is 68.3 Å². The minimum Gasteiger partial charge on any atom is -0.369 e. The number of hydrogen-bond donors (Lipinski definition) is 2. The molecule has 1 aliphatic carbocycles. The maximum absolute atomic E-state index is 10.4. The minimum absolute atomic E-state index is 0.0232. The molecule has 1 aromatic heterocycles. The summed E-state index contributed by atoms with van der Waals surface area (Å²) >= 11 is 0. The van der Waals surface area contributed by atoms with Crippen molar-refractivity contribution in [3.05, 3.63) is 36.2 Å². The van der Waals surface area contributed by atoms with Gasteiger partial charge in [-0.2, -0.15) is 0 Å². The number of aliphatic imine (C=N–C) groups is 1. The smallest absolute Gasteiger partial charge is 0.207 e. The highest BCUT2D eigenvalue weighted by molar-refractivity contribution is 5.66. The Morgan fingerprint density at radius 3 is 2.93 bits per heavy atom. The Hall–Kier alpha value is -2.38. The standard InChI is InChI=1S/C21H31N5O2/c1-4-19-17(13-25(21(19)22-3)10-5-8-24-15-27)14-26(18-6-7-18)16(2)20-12-23-9-11-28-20/h4,13,15,18,20,23H,1-3,5-12,14H2,(H,24,27). The second-order valence-corrected chi connectivity index (χ2v) is 7.29. The fraction of sp³-hybridized carbons (Fsp3) is 0.524. The summed E-state index contributed by atoms with van der Waals surface area (Å²) in [6, 6.07) is 0.524. The van der Waals surface area contributed by atoms with Crippen LogP contribution < -0.4 is 10.6 Å². The highest BCUT2D eigenvalue weighted by Gasteiger charge is 2.34. The Balaban J connectivity index is 1.77. The molecular formula is C21H31N5O2. The molecule has 0 spiro atoms. The molecule has 1 saturated heterocycles. The van der Waals surface area contributed by atoms with Crippen molar-refractivity contribution in [3.8, 4) is 0 Å². The topological polar surface area (TPSA) is 70.9 Å². The van der Waals surface area contributed by atoms with E-state index in [1.54, 1.807) is 0 Å². The molecule has 7 heteroatoms. The lowest BCUT2D eigenvalue weighted by molar-refractivity contribution is -0.109. The molecule has 1 unspecified atom stereocenters. The van der Waals surface area contributed by atoms with E-state index in [1.807, 2.05) is 6.08 Å². The van der Waals surface area contributed by atoms with E-state index in [-0.39, 0.29) is 6.10 Å². The molecule has 2 aliphatic rings. The van der Waals surface area contributed by atoms with Crippen molar-refractivity contribution in [2.75, 3.05) is 26.2 Å². The monoisotopic (exact) mass is 385 g/mol. The molecule has 1 saturated carbocycles. The lowest BCUT2D eigenvalue weighted by Crippen LogP contribution is -2.43. The van der Waals surface area contributed by atoms with Crippen molar-refractivity contribution < 1.29 is 9.53 Å². The van der Waals surface area contributed by atoms with Crippen LogP contribution in [-0.2, 0) is 22.6 Å². The van der Waals surface area contributed by atoms with Gasteiger partial charge in [0.2, 0.25) is 6.41 Å². The SMILES string of the molecule is C=Cc1c(CN(C(=C)C2CNCCO2)C2CC2)cn(CCCNC=O)c1N=C. The van der Waals surface area contributed by atoms with E-state index < -0.39 is 0 Å². The largest absolute Gasteiger partial charge is 0.369 e. The molecule has 3 rings (SSSR count). The van der Waals surface area contributed by atoms with Gasteiger partial charge in [-0.3, -0.25) is 4.79 Å². The molecule has 0 bridgehead atoms. The van der Waals surface area contributed by atoms with E-state index >= 15 is 0 Å². The Labute approximate surface area is 167 Å². The Bertz CT molecular complexity index is 717. The maximum Gasteiger partial charge on any atom is 0.207 e. The number of aromatic nitrogens is 1. The summed E-state index contributed by atoms with van der Waals surface area (Å²) in [4.78, 5) is 17.1. The lowest BCUT2D eigenvalue weighted by atomic mass is 10.1. The molecule has 7 nitrogen and oxygen atoms in total. The van der Waals surface area contributed by atoms with Crippen LogP contribution in [0, 0.1) is 0 Å². The normalized spacial score (nSPS) is 19.1. The van der Waals surface area contributed by atoms with Gasteiger partial charge in [-0.05, 0) is 31.5 Å². The summed E-state index contributed by atoms with van der Waals surface area (Å²) in [6.07, 6.45) is 7.93. The number of ether oxygens (including phenoxy) is 1. The Morgan fingerprint density at radius 1 is 1.50 bits per heavy atom. The zero-order valence-electron chi connectivity index (χ0n) is 16.5. The number of morpholine rings is 1. The molecule has 2 fully saturated rings. The predicted molar refractivity (Wildman–Crippen MR) is 113 cm³/mol. The molecule has 152 valence electrons. The highest BCUT2D eigenvalue weighted by Crippen LogP contribution is 2.35. The highest BCUT2D eigenvalue weighted by atomic mass is 16.5. The third-order valence-corrected chi connectivity index (χ3v) is 5.32. The summed E-state index contributed by atoms with van der Waals surface area (Å²) in [5.74, 6) is 0.827. The van der Waals surface area contributed by atoms with Crippen molar-refractivity contribution in [2.45, 2.75) is 44.5 Å². The van der Waals surface area contributed by atoms with Crippen LogP contribution >= 0.6 is 0 Å². The molecule has 1 atom stereocenters. The number of nitrogens with one attached hydrogen (secondary N) is 2. The molecule has 2 N–H and O–H groups in total. The molecule has 1 amide bonds. The van der Waals surface area contributed by atoms with Crippen molar-refractivity contribution >= 4 is 25.0 Å². The summed E-state index contributed by atoms with van der Waals surface area (Å²) in [7, 11) is 0. The molecular weight excluding hydrogens is 354 g/mol. The fourth-order valence-electron chi connectivity index (χ4n) is 3.72. The molecule has 2 heterocycles. The van der Waals surface area contributed by atoms with Crippen molar-refractivity contribution in [3.63, 3.8) is 0 Å². The summed E-state index contributed by atoms with van der Waals surface area (Å²) < 4.78 is 8.02. The minimum atomic E-state index is 0.0232. The predicted octanol–water partition coefficient (Wildman–Crippen LogP) is 2.07. The quantitative estimate of drug-likeness (QED) is 0.328. The first-order valence-corrected chi connectivity index (χ1v) is 9.95. The van der Waals surface area contributed by atoms with Crippen LogP contribution in [0.5, 0.6) is 0 Å². The molecule has 0 radical (unpaired) electrons. The number of carbonyl (C=O) groups excluding carboxylic acids is 1. The van der Waals surface area contributed by atoms with Crippen LogP contribution in [0.15, 0.2) is 30.0 Å². The van der Waals surface area contributed by atoms with Crippen molar-refractivity contribution in [1.82, 2.24) is 20.1 Å². The van der Waals surface area contributed by atoms with E-state index in [1.165, 1.54) is 12.8 Å². The number of rotatable bonds is 12. The van der Waals surface area contributed by atoms with Gasteiger partial charge < -0.3 is 24.8 Å². The van der Waals surface area contributed by atoms with Gasteiger partial charge in [0.1, 0.15) is 11.9 Å². The van der Waals surface area contributed by atoms with Gasteiger partial charge in [-0.15, -0.1) is 0 Å². The van der Waals surface area contributed by atoms with E-state index in [2.05, 4.69) is 51.2 Å². The molecule has 0 aromatic carbocycles. The van der Waals surface area contributed by atoms with Crippen LogP contribution in [0.4, 0.5) is 5.82 Å². The first kappa shape index (κ1) is 20.4. The maximum atomic E-state index is 10.4. The van der Waals surface area contributed by atoms with Crippen LogP contribution in [0.3, 0.4) is 0 Å². The average molecular weight is 386 g/mol. The zero-order valence-corrected chi connectivity index (χ0v) is 16.5. The van der Waals surface area contributed by atoms with E-state index in [0.29, 0.717) is 12.6 Å². The summed E-state index contributed by atoms with van der Waals surface area (Å²) in [5, 5.41) is 6.08. The number of amides is 1. The fourth-order valence-corrected chi connectivity index (χ4v) is 3.72. The van der Waals surface area contributed by atoms with Gasteiger partial charge in [0.05, 0.1) is 6.61 Å². The molecule has 1 aromatic rings. The summed E-state index contributed by atoms with van der Waals surface area (Å²) in [6.45, 7) is 16.7. The second-order valence-electron chi connectivity index (χ2n) is 7.29. The Morgan fingerprint density at radius 2 is 2.32 bits per heavy atom. The second kappa shape index (κ2) is 9.71. The van der Waals surface area contributed by atoms with Crippen LogP contribution in [0.2, 0.25) is 0 Å². The third-order valence-electron chi connectivity index (χ3n) is 5.32. The third kappa shape index (κ3) is 4.72. The number of hydrogen-bond acceptors (Lipinski definition) is 5. The lowest BCUT2D eigenvalue weighted by Gasteiger charge is -2.34. The number of nitrogens with zero attached hydrogens (tertiary/aromatic N) is 3. The zero-order chi connectivity index (χ0) is 19.9. The van der Waals surface area contributed by atoms with Crippen LogP contribution in [0.25, 0.3) is 6.08 Å². The molecule has 28 heavy (non-hydrogen) atoms. The Kier molecular flexibility index (Phi) is 7.06. The van der Waals surface area contributed by atoms with E-state index in [9.17, 15) is 4.79 Å². The van der Waals surface area contributed by atoms with E-state index in [4.69, 9.17) is 4.74 Å². The van der Waals surface area contributed by atoms with Crippen molar-refractivity contribution in [2.24, 2.45) is 4.99 Å². The van der Waals surface area contributed by atoms with Gasteiger partial charge >= 0.3 is 0 Å². The first-order valence-electron chi connectivity index (χ1n) is 9.95. The first-order chi connectivity index (χ1) is 13.7. The number of carbonyl (C=O) groups is 1. The van der Waals surface area contributed by atoms with Crippen LogP contribution in [0.1, 0.15) is 30.4 Å².